The summed E-state index contributed by atoms with van der Waals surface area (Å²) in [6.45, 7) is 0. The summed E-state index contributed by atoms with van der Waals surface area (Å²) in [4.78, 5) is 10.6. The fourth-order valence-corrected chi connectivity index (χ4v) is 5.63. The lowest BCUT2D eigenvalue weighted by atomic mass is 9.81. The van der Waals surface area contributed by atoms with Gasteiger partial charge in [-0.25, -0.2) is 14.4 Å². The normalized spacial score (nSPS) is 17.8. The van der Waals surface area contributed by atoms with E-state index >= 15 is 0 Å². The van der Waals surface area contributed by atoms with Gasteiger partial charge in [0, 0.05) is 11.0 Å². The Morgan fingerprint density at radius 2 is 1.80 bits per heavy atom. The van der Waals surface area contributed by atoms with Crippen molar-refractivity contribution in [3.05, 3.63) is 83.3 Å². The minimum absolute atomic E-state index is 0.0357. The van der Waals surface area contributed by atoms with E-state index in [0.29, 0.717) is 10.6 Å². The third-order valence-corrected chi connectivity index (χ3v) is 7.83. The molecule has 6 rings (SSSR count). The molecule has 2 aromatic carbocycles. The summed E-state index contributed by atoms with van der Waals surface area (Å²) in [5, 5.41) is 0.715. The van der Waals surface area contributed by atoms with Crippen LogP contribution in [-0.4, -0.2) is 9.97 Å². The molecule has 0 unspecified atom stereocenters. The lowest BCUT2D eigenvalue weighted by molar-refractivity contribution is 0.314. The highest BCUT2D eigenvalue weighted by Crippen LogP contribution is 2.53. The van der Waals surface area contributed by atoms with Crippen molar-refractivity contribution < 1.29 is 4.39 Å². The number of halogens is 1. The molecule has 0 spiro atoms. The second-order valence-electron chi connectivity index (χ2n) is 8.80. The highest BCUT2D eigenvalue weighted by molar-refractivity contribution is 7.21. The SMILES string of the molecule is Fc1cc(CC2CCC2)ccc1-c1nc2ccc(C3(c4ccccc4)CC3)nc2s1. The zero-order valence-electron chi connectivity index (χ0n) is 16.8. The van der Waals surface area contributed by atoms with Gasteiger partial charge in [-0.15, -0.1) is 0 Å². The van der Waals surface area contributed by atoms with Crippen LogP contribution in [0.2, 0.25) is 0 Å². The molecule has 2 nitrogen and oxygen atoms in total. The van der Waals surface area contributed by atoms with Crippen LogP contribution in [0.5, 0.6) is 0 Å². The average molecular weight is 415 g/mol. The predicted molar refractivity (Wildman–Crippen MR) is 120 cm³/mol. The summed E-state index contributed by atoms with van der Waals surface area (Å²) >= 11 is 1.49. The zero-order chi connectivity index (χ0) is 20.1. The van der Waals surface area contributed by atoms with Gasteiger partial charge in [0.15, 0.2) is 0 Å². The molecular formula is C26H23FN2S. The third kappa shape index (κ3) is 3.05. The van der Waals surface area contributed by atoms with Gasteiger partial charge in [0.2, 0.25) is 0 Å². The second-order valence-corrected chi connectivity index (χ2v) is 9.78. The molecule has 2 heterocycles. The van der Waals surface area contributed by atoms with E-state index in [1.807, 2.05) is 12.1 Å². The van der Waals surface area contributed by atoms with Crippen molar-refractivity contribution in [2.24, 2.45) is 5.92 Å². The maximum atomic E-state index is 14.9. The van der Waals surface area contributed by atoms with E-state index in [-0.39, 0.29) is 11.2 Å². The molecule has 0 radical (unpaired) electrons. The summed E-state index contributed by atoms with van der Waals surface area (Å²) in [6, 6.07) is 20.4. The maximum absolute atomic E-state index is 14.9. The smallest absolute Gasteiger partial charge is 0.144 e. The first-order valence-corrected chi connectivity index (χ1v) is 11.7. The van der Waals surface area contributed by atoms with Crippen LogP contribution in [0, 0.1) is 11.7 Å². The second kappa shape index (κ2) is 6.98. The molecule has 4 aromatic rings. The number of pyridine rings is 1. The third-order valence-electron chi connectivity index (χ3n) is 6.84. The van der Waals surface area contributed by atoms with Gasteiger partial charge in [-0.3, -0.25) is 0 Å². The van der Waals surface area contributed by atoms with E-state index in [4.69, 9.17) is 9.97 Å². The van der Waals surface area contributed by atoms with Gasteiger partial charge in [0.05, 0.1) is 5.69 Å². The van der Waals surface area contributed by atoms with E-state index in [0.717, 1.165) is 46.8 Å². The first-order valence-electron chi connectivity index (χ1n) is 10.8. The van der Waals surface area contributed by atoms with Gasteiger partial charge in [-0.1, -0.05) is 67.0 Å². The fourth-order valence-electron chi connectivity index (χ4n) is 4.66. The Labute approximate surface area is 179 Å². The van der Waals surface area contributed by atoms with E-state index < -0.39 is 0 Å². The number of nitrogens with zero attached hydrogens (tertiary/aromatic N) is 2. The summed E-state index contributed by atoms with van der Waals surface area (Å²) < 4.78 is 14.9. The van der Waals surface area contributed by atoms with Crippen molar-refractivity contribution in [3.63, 3.8) is 0 Å². The van der Waals surface area contributed by atoms with E-state index in [9.17, 15) is 4.39 Å². The van der Waals surface area contributed by atoms with Crippen LogP contribution in [0.1, 0.15) is 48.9 Å². The predicted octanol–water partition coefficient (Wildman–Crippen LogP) is 6.92. The summed E-state index contributed by atoms with van der Waals surface area (Å²) in [6.07, 6.45) is 7.11. The molecule has 2 aromatic heterocycles. The number of thiazole rings is 1. The summed E-state index contributed by atoms with van der Waals surface area (Å²) in [5.41, 5.74) is 5.00. The Hall–Kier alpha value is -2.59. The number of aromatic nitrogens is 2. The number of fused-ring (bicyclic) bond motifs is 1. The van der Waals surface area contributed by atoms with Crippen LogP contribution in [0.3, 0.4) is 0 Å². The lowest BCUT2D eigenvalue weighted by Crippen LogP contribution is -2.13. The van der Waals surface area contributed by atoms with Crippen molar-refractivity contribution in [3.8, 4) is 10.6 Å². The summed E-state index contributed by atoms with van der Waals surface area (Å²) in [7, 11) is 0. The van der Waals surface area contributed by atoms with Crippen LogP contribution < -0.4 is 0 Å². The Kier molecular flexibility index (Phi) is 4.24. The number of hydrogen-bond acceptors (Lipinski definition) is 3. The average Bonchev–Trinajstić information content (AvgIpc) is 3.44. The molecule has 0 saturated heterocycles. The topological polar surface area (TPSA) is 25.8 Å². The lowest BCUT2D eigenvalue weighted by Gasteiger charge is -2.25. The Morgan fingerprint density at radius 1 is 0.967 bits per heavy atom. The van der Waals surface area contributed by atoms with Crippen LogP contribution in [-0.2, 0) is 11.8 Å². The van der Waals surface area contributed by atoms with Crippen molar-refractivity contribution in [1.82, 2.24) is 9.97 Å². The van der Waals surface area contributed by atoms with Gasteiger partial charge < -0.3 is 0 Å². The number of hydrogen-bond donors (Lipinski definition) is 0. The van der Waals surface area contributed by atoms with Gasteiger partial charge >= 0.3 is 0 Å². The molecule has 2 aliphatic carbocycles. The van der Waals surface area contributed by atoms with Crippen molar-refractivity contribution in [2.45, 2.75) is 43.9 Å². The maximum Gasteiger partial charge on any atom is 0.144 e. The fraction of sp³-hybridized carbons (Fsp3) is 0.308. The van der Waals surface area contributed by atoms with Crippen LogP contribution in [0.25, 0.3) is 20.9 Å². The Bertz CT molecular complexity index is 1220. The highest BCUT2D eigenvalue weighted by atomic mass is 32.1. The molecule has 2 aliphatic rings. The van der Waals surface area contributed by atoms with Crippen LogP contribution in [0.4, 0.5) is 4.39 Å². The first kappa shape index (κ1) is 18.2. The molecule has 150 valence electrons. The van der Waals surface area contributed by atoms with Crippen molar-refractivity contribution in [1.29, 1.82) is 0 Å². The Morgan fingerprint density at radius 3 is 2.50 bits per heavy atom. The van der Waals surface area contributed by atoms with Crippen molar-refractivity contribution in [2.75, 3.05) is 0 Å². The Balaban J connectivity index is 1.33. The minimum Gasteiger partial charge on any atom is -0.239 e. The number of rotatable bonds is 5. The molecule has 0 N–H and O–H groups in total. The van der Waals surface area contributed by atoms with Gasteiger partial charge in [0.1, 0.15) is 21.2 Å². The standard InChI is InChI=1S/C26H23FN2S/c27-21-16-18(15-17-5-4-6-17)9-10-20(21)24-28-22-11-12-23(29-25(22)30-24)26(13-14-26)19-7-2-1-3-8-19/h1-3,7-12,16-17H,4-6,13-15H2. The molecular weight excluding hydrogens is 391 g/mol. The zero-order valence-corrected chi connectivity index (χ0v) is 17.6. The minimum atomic E-state index is -0.172. The molecule has 2 saturated carbocycles. The molecule has 0 bridgehead atoms. The molecule has 2 fully saturated rings. The van der Waals surface area contributed by atoms with E-state index in [2.05, 4.69) is 42.5 Å². The largest absolute Gasteiger partial charge is 0.239 e. The van der Waals surface area contributed by atoms with Crippen molar-refractivity contribution >= 4 is 21.7 Å². The van der Waals surface area contributed by atoms with Crippen LogP contribution >= 0.6 is 11.3 Å². The quantitative estimate of drug-likeness (QED) is 0.354. The highest BCUT2D eigenvalue weighted by Gasteiger charge is 2.47. The van der Waals surface area contributed by atoms with Gasteiger partial charge in [-0.2, -0.15) is 0 Å². The molecule has 0 amide bonds. The monoisotopic (exact) mass is 414 g/mol. The summed E-state index contributed by atoms with van der Waals surface area (Å²) in [5.74, 6) is 0.564. The molecule has 0 atom stereocenters. The first-order chi connectivity index (χ1) is 14.7. The number of benzene rings is 2. The van der Waals surface area contributed by atoms with Gasteiger partial charge in [0.25, 0.3) is 0 Å². The van der Waals surface area contributed by atoms with E-state index in [1.165, 1.54) is 36.2 Å². The van der Waals surface area contributed by atoms with Crippen LogP contribution in [0.15, 0.2) is 60.7 Å². The van der Waals surface area contributed by atoms with Gasteiger partial charge in [-0.05, 0) is 60.6 Å². The van der Waals surface area contributed by atoms with E-state index in [1.54, 1.807) is 6.07 Å². The molecule has 0 aliphatic heterocycles. The molecule has 4 heteroatoms. The molecule has 30 heavy (non-hydrogen) atoms.